The lowest BCUT2D eigenvalue weighted by atomic mass is 10.1. The SMILES string of the molecule is Cc1cccc(-n2c(=O)[nH]c3nc(NC[C@H]4CCCO4)ncc3c2=O)c1C. The minimum atomic E-state index is -0.523. The Morgan fingerprint density at radius 1 is 1.33 bits per heavy atom. The van der Waals surface area contributed by atoms with E-state index in [-0.39, 0.29) is 17.1 Å². The number of aromatic nitrogens is 4. The first kappa shape index (κ1) is 17.4. The maximum atomic E-state index is 12.9. The van der Waals surface area contributed by atoms with Crippen LogP contribution in [-0.2, 0) is 4.74 Å². The monoisotopic (exact) mass is 367 g/mol. The molecule has 3 heterocycles. The van der Waals surface area contributed by atoms with Gasteiger partial charge in [-0.1, -0.05) is 12.1 Å². The number of benzene rings is 1. The topological polar surface area (TPSA) is 102 Å². The lowest BCUT2D eigenvalue weighted by Crippen LogP contribution is -2.34. The summed E-state index contributed by atoms with van der Waals surface area (Å²) in [6, 6.07) is 5.51. The highest BCUT2D eigenvalue weighted by atomic mass is 16.5. The quantitative estimate of drug-likeness (QED) is 0.727. The molecule has 1 aliphatic rings. The van der Waals surface area contributed by atoms with Crippen LogP contribution in [0.5, 0.6) is 0 Å². The van der Waals surface area contributed by atoms with Gasteiger partial charge < -0.3 is 10.1 Å². The largest absolute Gasteiger partial charge is 0.376 e. The van der Waals surface area contributed by atoms with Crippen molar-refractivity contribution >= 4 is 17.0 Å². The Morgan fingerprint density at radius 2 is 2.19 bits per heavy atom. The van der Waals surface area contributed by atoms with Crippen LogP contribution < -0.4 is 16.6 Å². The molecule has 0 bridgehead atoms. The molecule has 27 heavy (non-hydrogen) atoms. The Kier molecular flexibility index (Phi) is 4.49. The summed E-state index contributed by atoms with van der Waals surface area (Å²) in [5.74, 6) is 0.359. The Bertz CT molecular complexity index is 1110. The van der Waals surface area contributed by atoms with E-state index in [1.807, 2.05) is 26.0 Å². The van der Waals surface area contributed by atoms with Crippen molar-refractivity contribution in [1.29, 1.82) is 0 Å². The molecule has 8 nitrogen and oxygen atoms in total. The summed E-state index contributed by atoms with van der Waals surface area (Å²) in [4.78, 5) is 36.7. The molecular weight excluding hydrogens is 346 g/mol. The number of anilines is 1. The second kappa shape index (κ2) is 6.96. The maximum absolute atomic E-state index is 12.9. The van der Waals surface area contributed by atoms with Gasteiger partial charge in [-0.25, -0.2) is 14.3 Å². The van der Waals surface area contributed by atoms with Crippen LogP contribution in [0, 0.1) is 13.8 Å². The molecule has 0 saturated carbocycles. The molecule has 0 amide bonds. The average Bonchev–Trinajstić information content (AvgIpc) is 3.17. The van der Waals surface area contributed by atoms with Crippen molar-refractivity contribution in [3.63, 3.8) is 0 Å². The smallest absolute Gasteiger partial charge is 0.334 e. The number of fused-ring (bicyclic) bond motifs is 1. The Hall–Kier alpha value is -3.00. The van der Waals surface area contributed by atoms with Gasteiger partial charge in [0.1, 0.15) is 5.39 Å². The molecule has 2 aromatic heterocycles. The molecule has 8 heteroatoms. The highest BCUT2D eigenvalue weighted by Crippen LogP contribution is 2.16. The van der Waals surface area contributed by atoms with Crippen LogP contribution in [0.25, 0.3) is 16.7 Å². The van der Waals surface area contributed by atoms with E-state index >= 15 is 0 Å². The number of hydrogen-bond acceptors (Lipinski definition) is 6. The first-order chi connectivity index (χ1) is 13.0. The molecule has 140 valence electrons. The molecule has 2 N–H and O–H groups in total. The summed E-state index contributed by atoms with van der Waals surface area (Å²) < 4.78 is 6.69. The minimum absolute atomic E-state index is 0.139. The number of hydrogen-bond donors (Lipinski definition) is 2. The van der Waals surface area contributed by atoms with Crippen LogP contribution in [-0.4, -0.2) is 38.8 Å². The van der Waals surface area contributed by atoms with Crippen molar-refractivity contribution in [1.82, 2.24) is 19.5 Å². The van der Waals surface area contributed by atoms with Crippen molar-refractivity contribution in [2.24, 2.45) is 0 Å². The molecule has 1 atom stereocenters. The second-order valence-corrected chi connectivity index (χ2v) is 6.76. The predicted octanol–water partition coefficient (Wildman–Crippen LogP) is 1.68. The van der Waals surface area contributed by atoms with Gasteiger partial charge in [0.15, 0.2) is 5.65 Å². The van der Waals surface area contributed by atoms with Crippen molar-refractivity contribution in [3.8, 4) is 5.69 Å². The second-order valence-electron chi connectivity index (χ2n) is 6.76. The van der Waals surface area contributed by atoms with Crippen LogP contribution in [0.2, 0.25) is 0 Å². The number of H-pyrrole nitrogens is 1. The highest BCUT2D eigenvalue weighted by molar-refractivity contribution is 5.73. The molecule has 1 saturated heterocycles. The van der Waals surface area contributed by atoms with Crippen LogP contribution in [0.1, 0.15) is 24.0 Å². The Morgan fingerprint density at radius 3 is 2.96 bits per heavy atom. The van der Waals surface area contributed by atoms with E-state index in [0.29, 0.717) is 18.2 Å². The lowest BCUT2D eigenvalue weighted by Gasteiger charge is -2.12. The first-order valence-corrected chi connectivity index (χ1v) is 8.99. The van der Waals surface area contributed by atoms with E-state index in [2.05, 4.69) is 20.3 Å². The summed E-state index contributed by atoms with van der Waals surface area (Å²) in [6.07, 6.45) is 3.63. The summed E-state index contributed by atoms with van der Waals surface area (Å²) >= 11 is 0. The Balaban J connectivity index is 1.74. The van der Waals surface area contributed by atoms with Crippen molar-refractivity contribution < 1.29 is 4.74 Å². The van der Waals surface area contributed by atoms with Gasteiger partial charge in [0.05, 0.1) is 11.8 Å². The highest BCUT2D eigenvalue weighted by Gasteiger charge is 2.17. The summed E-state index contributed by atoms with van der Waals surface area (Å²) in [7, 11) is 0. The first-order valence-electron chi connectivity index (χ1n) is 8.99. The van der Waals surface area contributed by atoms with E-state index in [0.717, 1.165) is 35.1 Å². The molecule has 1 aliphatic heterocycles. The molecule has 3 aromatic rings. The van der Waals surface area contributed by atoms with Crippen molar-refractivity contribution in [2.75, 3.05) is 18.5 Å². The van der Waals surface area contributed by atoms with Crippen molar-refractivity contribution in [2.45, 2.75) is 32.8 Å². The van der Waals surface area contributed by atoms with Gasteiger partial charge in [0.25, 0.3) is 5.56 Å². The number of ether oxygens (including phenoxy) is 1. The fourth-order valence-corrected chi connectivity index (χ4v) is 3.30. The molecule has 4 rings (SSSR count). The fraction of sp³-hybridized carbons (Fsp3) is 0.368. The third-order valence-electron chi connectivity index (χ3n) is 4.98. The summed E-state index contributed by atoms with van der Waals surface area (Å²) in [6.45, 7) is 5.19. The molecule has 1 fully saturated rings. The molecule has 0 unspecified atom stereocenters. The van der Waals surface area contributed by atoms with Gasteiger partial charge in [-0.3, -0.25) is 9.78 Å². The Labute approximate surface area is 155 Å². The third kappa shape index (κ3) is 3.23. The van der Waals surface area contributed by atoms with Crippen LogP contribution in [0.4, 0.5) is 5.95 Å². The van der Waals surface area contributed by atoms with E-state index in [1.165, 1.54) is 6.20 Å². The van der Waals surface area contributed by atoms with E-state index in [4.69, 9.17) is 4.74 Å². The van der Waals surface area contributed by atoms with E-state index < -0.39 is 11.2 Å². The van der Waals surface area contributed by atoms with Gasteiger partial charge in [-0.15, -0.1) is 0 Å². The number of aryl methyl sites for hydroxylation is 1. The maximum Gasteiger partial charge on any atom is 0.334 e. The molecule has 1 aromatic carbocycles. The zero-order valence-corrected chi connectivity index (χ0v) is 15.3. The zero-order valence-electron chi connectivity index (χ0n) is 15.3. The van der Waals surface area contributed by atoms with Crippen LogP contribution in [0.15, 0.2) is 34.0 Å². The molecule has 0 aliphatic carbocycles. The molecular formula is C19H21N5O3. The lowest BCUT2D eigenvalue weighted by molar-refractivity contribution is 0.120. The molecule has 0 spiro atoms. The van der Waals surface area contributed by atoms with E-state index in [9.17, 15) is 9.59 Å². The molecule has 0 radical (unpaired) electrons. The van der Waals surface area contributed by atoms with Gasteiger partial charge in [-0.05, 0) is 43.9 Å². The van der Waals surface area contributed by atoms with Gasteiger partial charge in [-0.2, -0.15) is 4.98 Å². The number of nitrogens with zero attached hydrogens (tertiary/aromatic N) is 3. The number of nitrogens with one attached hydrogen (secondary N) is 2. The predicted molar refractivity (Wildman–Crippen MR) is 103 cm³/mol. The summed E-state index contributed by atoms with van der Waals surface area (Å²) in [5.41, 5.74) is 1.70. The van der Waals surface area contributed by atoms with Gasteiger partial charge in [0.2, 0.25) is 5.95 Å². The van der Waals surface area contributed by atoms with Crippen LogP contribution >= 0.6 is 0 Å². The number of rotatable bonds is 4. The van der Waals surface area contributed by atoms with Crippen molar-refractivity contribution in [3.05, 3.63) is 56.4 Å². The zero-order chi connectivity index (χ0) is 19.0. The van der Waals surface area contributed by atoms with Gasteiger partial charge in [0, 0.05) is 19.3 Å². The van der Waals surface area contributed by atoms with E-state index in [1.54, 1.807) is 6.07 Å². The van der Waals surface area contributed by atoms with Gasteiger partial charge >= 0.3 is 5.69 Å². The number of aromatic amines is 1. The fourth-order valence-electron chi connectivity index (χ4n) is 3.30. The minimum Gasteiger partial charge on any atom is -0.376 e. The summed E-state index contributed by atoms with van der Waals surface area (Å²) in [5, 5.41) is 3.36. The average molecular weight is 367 g/mol. The van der Waals surface area contributed by atoms with Crippen LogP contribution in [0.3, 0.4) is 0 Å². The normalized spacial score (nSPS) is 16.7. The standard InChI is InChI=1S/C19H21N5O3/c1-11-5-3-7-15(12(11)2)24-17(25)14-10-21-18(22-16(14)23-19(24)26)20-9-13-6-4-8-27-13/h3,5,7,10,13H,4,6,8-9H2,1-2H3,(H2,20,21,22,23,26)/t13-/m1/s1. The third-order valence-corrected chi connectivity index (χ3v) is 4.98.